The predicted molar refractivity (Wildman–Crippen MR) is 105 cm³/mol. The van der Waals surface area contributed by atoms with E-state index in [4.69, 9.17) is 28.2 Å². The highest BCUT2D eigenvalue weighted by atomic mass is 35.5. The van der Waals surface area contributed by atoms with Crippen LogP contribution in [0.2, 0.25) is 10.0 Å². The SMILES string of the molecule is O=C(NCCc1nc2ccccc2n1Cc1ccc(Cl)c(Cl)c1)C1CC1. The van der Waals surface area contributed by atoms with Gasteiger partial charge >= 0.3 is 0 Å². The molecule has 4 nitrogen and oxygen atoms in total. The van der Waals surface area contributed by atoms with E-state index in [0.29, 0.717) is 29.6 Å². The highest BCUT2D eigenvalue weighted by molar-refractivity contribution is 6.42. The van der Waals surface area contributed by atoms with Gasteiger partial charge in [-0.3, -0.25) is 4.79 Å². The van der Waals surface area contributed by atoms with Gasteiger partial charge in [0.1, 0.15) is 5.82 Å². The number of nitrogens with zero attached hydrogens (tertiary/aromatic N) is 2. The Morgan fingerprint density at radius 2 is 1.96 bits per heavy atom. The maximum absolute atomic E-state index is 11.8. The minimum absolute atomic E-state index is 0.164. The van der Waals surface area contributed by atoms with Crippen LogP contribution in [0.5, 0.6) is 0 Å². The lowest BCUT2D eigenvalue weighted by atomic mass is 10.2. The minimum atomic E-state index is 0.164. The van der Waals surface area contributed by atoms with Gasteiger partial charge in [0.15, 0.2) is 0 Å². The van der Waals surface area contributed by atoms with Gasteiger partial charge in [0.25, 0.3) is 0 Å². The lowest BCUT2D eigenvalue weighted by Crippen LogP contribution is -2.27. The first-order valence-electron chi connectivity index (χ1n) is 8.77. The van der Waals surface area contributed by atoms with Crippen molar-refractivity contribution >= 4 is 40.1 Å². The van der Waals surface area contributed by atoms with Crippen LogP contribution < -0.4 is 5.32 Å². The van der Waals surface area contributed by atoms with E-state index < -0.39 is 0 Å². The van der Waals surface area contributed by atoms with E-state index in [1.165, 1.54) is 0 Å². The number of fused-ring (bicyclic) bond motifs is 1. The molecule has 1 aromatic heterocycles. The number of nitrogens with one attached hydrogen (secondary N) is 1. The molecule has 134 valence electrons. The fourth-order valence-electron chi connectivity index (χ4n) is 3.10. The second kappa shape index (κ2) is 7.29. The molecule has 1 aliphatic rings. The van der Waals surface area contributed by atoms with Crippen LogP contribution in [0.3, 0.4) is 0 Å². The van der Waals surface area contributed by atoms with Crippen molar-refractivity contribution in [1.29, 1.82) is 0 Å². The largest absolute Gasteiger partial charge is 0.355 e. The molecule has 26 heavy (non-hydrogen) atoms. The number of rotatable bonds is 6. The van der Waals surface area contributed by atoms with Crippen LogP contribution in [0.25, 0.3) is 11.0 Å². The highest BCUT2D eigenvalue weighted by Crippen LogP contribution is 2.28. The van der Waals surface area contributed by atoms with Gasteiger partial charge in [-0.1, -0.05) is 41.4 Å². The average Bonchev–Trinajstić information content (AvgIpc) is 3.43. The Hall–Kier alpha value is -2.04. The fraction of sp³-hybridized carbons (Fsp3) is 0.300. The van der Waals surface area contributed by atoms with Gasteiger partial charge in [-0.05, 0) is 42.7 Å². The lowest BCUT2D eigenvalue weighted by molar-refractivity contribution is -0.122. The Kier molecular flexibility index (Phi) is 4.88. The zero-order chi connectivity index (χ0) is 18.1. The number of carbonyl (C=O) groups is 1. The first-order valence-corrected chi connectivity index (χ1v) is 9.53. The number of halogens is 2. The van der Waals surface area contributed by atoms with E-state index in [0.717, 1.165) is 35.3 Å². The van der Waals surface area contributed by atoms with Crippen molar-refractivity contribution in [1.82, 2.24) is 14.9 Å². The van der Waals surface area contributed by atoms with Crippen LogP contribution in [-0.4, -0.2) is 22.0 Å². The number of imidazole rings is 1. The summed E-state index contributed by atoms with van der Waals surface area (Å²) in [7, 11) is 0. The third-order valence-corrected chi connectivity index (χ3v) is 5.39. The molecule has 1 fully saturated rings. The quantitative estimate of drug-likeness (QED) is 0.678. The number of carbonyl (C=O) groups excluding carboxylic acids is 1. The minimum Gasteiger partial charge on any atom is -0.355 e. The van der Waals surface area contributed by atoms with E-state index in [1.807, 2.05) is 36.4 Å². The Morgan fingerprint density at radius 1 is 1.15 bits per heavy atom. The molecule has 1 saturated carbocycles. The van der Waals surface area contributed by atoms with Gasteiger partial charge in [-0.2, -0.15) is 0 Å². The molecule has 0 saturated heterocycles. The van der Waals surface area contributed by atoms with Gasteiger partial charge in [0.05, 0.1) is 21.1 Å². The molecule has 1 amide bonds. The van der Waals surface area contributed by atoms with Crippen molar-refractivity contribution in [3.05, 3.63) is 63.9 Å². The third-order valence-electron chi connectivity index (χ3n) is 4.65. The Labute approximate surface area is 162 Å². The van der Waals surface area contributed by atoms with E-state index in [-0.39, 0.29) is 11.8 Å². The summed E-state index contributed by atoms with van der Waals surface area (Å²) in [5.41, 5.74) is 3.09. The summed E-state index contributed by atoms with van der Waals surface area (Å²) in [5.74, 6) is 1.34. The van der Waals surface area contributed by atoms with Crippen molar-refractivity contribution in [2.45, 2.75) is 25.8 Å². The summed E-state index contributed by atoms with van der Waals surface area (Å²) >= 11 is 12.2. The number of hydrogen-bond acceptors (Lipinski definition) is 2. The topological polar surface area (TPSA) is 46.9 Å². The van der Waals surface area contributed by atoms with E-state index in [1.54, 1.807) is 0 Å². The molecule has 0 unspecified atom stereocenters. The van der Waals surface area contributed by atoms with Crippen LogP contribution in [0.15, 0.2) is 42.5 Å². The molecule has 6 heteroatoms. The Balaban J connectivity index is 1.58. The molecule has 4 rings (SSSR count). The van der Waals surface area contributed by atoms with Crippen molar-refractivity contribution < 1.29 is 4.79 Å². The molecule has 0 spiro atoms. The van der Waals surface area contributed by atoms with Crippen molar-refractivity contribution in [2.75, 3.05) is 6.54 Å². The van der Waals surface area contributed by atoms with Crippen LogP contribution in [0.4, 0.5) is 0 Å². The van der Waals surface area contributed by atoms with Crippen LogP contribution in [0.1, 0.15) is 24.2 Å². The molecule has 1 heterocycles. The molecule has 2 aromatic carbocycles. The molecule has 1 aliphatic carbocycles. The van der Waals surface area contributed by atoms with Gasteiger partial charge in [0.2, 0.25) is 5.91 Å². The summed E-state index contributed by atoms with van der Waals surface area (Å²) in [5, 5.41) is 4.11. The smallest absolute Gasteiger partial charge is 0.223 e. The van der Waals surface area contributed by atoms with Gasteiger partial charge in [-0.25, -0.2) is 4.98 Å². The molecule has 0 atom stereocenters. The van der Waals surface area contributed by atoms with E-state index in [2.05, 4.69) is 16.0 Å². The van der Waals surface area contributed by atoms with Crippen molar-refractivity contribution in [3.8, 4) is 0 Å². The zero-order valence-electron chi connectivity index (χ0n) is 14.2. The summed E-state index contributed by atoms with van der Waals surface area (Å²) in [6.07, 6.45) is 2.72. The van der Waals surface area contributed by atoms with Gasteiger partial charge in [-0.15, -0.1) is 0 Å². The van der Waals surface area contributed by atoms with Crippen LogP contribution in [-0.2, 0) is 17.8 Å². The van der Waals surface area contributed by atoms with E-state index >= 15 is 0 Å². The first-order chi connectivity index (χ1) is 12.6. The summed E-state index contributed by atoms with van der Waals surface area (Å²) in [6, 6.07) is 13.7. The van der Waals surface area contributed by atoms with Crippen LogP contribution >= 0.6 is 23.2 Å². The van der Waals surface area contributed by atoms with Crippen molar-refractivity contribution in [3.63, 3.8) is 0 Å². The van der Waals surface area contributed by atoms with E-state index in [9.17, 15) is 4.79 Å². The summed E-state index contributed by atoms with van der Waals surface area (Å²) in [6.45, 7) is 1.25. The third kappa shape index (κ3) is 3.71. The lowest BCUT2D eigenvalue weighted by Gasteiger charge is -2.11. The van der Waals surface area contributed by atoms with Gasteiger partial charge < -0.3 is 9.88 Å². The molecular formula is C20H19Cl2N3O. The zero-order valence-corrected chi connectivity index (χ0v) is 15.7. The molecule has 1 N–H and O–H groups in total. The highest BCUT2D eigenvalue weighted by Gasteiger charge is 2.29. The Bertz CT molecular complexity index is 963. The summed E-state index contributed by atoms with van der Waals surface area (Å²) in [4.78, 5) is 16.6. The first kappa shape index (κ1) is 17.4. The molecule has 3 aromatic rings. The van der Waals surface area contributed by atoms with Crippen LogP contribution in [0, 0.1) is 5.92 Å². The molecule has 0 bridgehead atoms. The number of hydrogen-bond donors (Lipinski definition) is 1. The monoisotopic (exact) mass is 387 g/mol. The van der Waals surface area contributed by atoms with Crippen molar-refractivity contribution in [2.24, 2.45) is 5.92 Å². The number of para-hydroxylation sites is 2. The maximum atomic E-state index is 11.8. The second-order valence-electron chi connectivity index (χ2n) is 6.67. The predicted octanol–water partition coefficient (Wildman–Crippen LogP) is 4.46. The normalized spacial score (nSPS) is 13.9. The fourth-order valence-corrected chi connectivity index (χ4v) is 3.42. The number of aromatic nitrogens is 2. The average molecular weight is 388 g/mol. The molecule has 0 aliphatic heterocycles. The number of benzene rings is 2. The standard InChI is InChI=1S/C20H19Cl2N3O/c21-15-8-5-13(11-16(15)22)12-25-18-4-2-1-3-17(18)24-19(25)9-10-23-20(26)14-6-7-14/h1-5,8,11,14H,6-7,9-10,12H2,(H,23,26). The second-order valence-corrected chi connectivity index (χ2v) is 7.48. The molecular weight excluding hydrogens is 369 g/mol. The van der Waals surface area contributed by atoms with Gasteiger partial charge in [0, 0.05) is 25.4 Å². The summed E-state index contributed by atoms with van der Waals surface area (Å²) < 4.78 is 2.18. The number of amides is 1. The maximum Gasteiger partial charge on any atom is 0.223 e. The molecule has 0 radical (unpaired) electrons. The Morgan fingerprint density at radius 3 is 2.73 bits per heavy atom.